The van der Waals surface area contributed by atoms with Crippen molar-refractivity contribution in [3.05, 3.63) is 20.5 Å². The molecule has 0 aromatic carbocycles. The first-order valence-corrected chi connectivity index (χ1v) is 8.02. The van der Waals surface area contributed by atoms with Crippen LogP contribution in [0.2, 0.25) is 4.34 Å². The lowest BCUT2D eigenvalue weighted by atomic mass is 10.1. The van der Waals surface area contributed by atoms with Crippen molar-refractivity contribution < 1.29 is 13.3 Å². The van der Waals surface area contributed by atoms with Gasteiger partial charge < -0.3 is 5.73 Å². The van der Waals surface area contributed by atoms with E-state index in [9.17, 15) is 18.5 Å². The molecule has 3 N–H and O–H groups in total. The van der Waals surface area contributed by atoms with Crippen LogP contribution in [0.3, 0.4) is 0 Å². The van der Waals surface area contributed by atoms with Gasteiger partial charge in [-0.25, -0.2) is 13.1 Å². The van der Waals surface area contributed by atoms with Crippen molar-refractivity contribution in [2.75, 3.05) is 6.54 Å². The molecule has 0 saturated carbocycles. The van der Waals surface area contributed by atoms with Crippen LogP contribution in [0.15, 0.2) is 10.3 Å². The van der Waals surface area contributed by atoms with Crippen LogP contribution in [-0.2, 0) is 10.0 Å². The summed E-state index contributed by atoms with van der Waals surface area (Å²) in [6.45, 7) is 3.79. The number of hydrogen-bond donors (Lipinski definition) is 2. The standard InChI is InChI=1S/C9H14ClN3O4S2/c1-5(2)6(11)4-12-19(16,17)8-3-7(13(14)15)9(10)18-8/h3,5-6,12H,4,11H2,1-2H3. The van der Waals surface area contributed by atoms with E-state index in [0.717, 1.165) is 6.07 Å². The van der Waals surface area contributed by atoms with Crippen LogP contribution in [0.5, 0.6) is 0 Å². The Labute approximate surface area is 120 Å². The lowest BCUT2D eigenvalue weighted by Gasteiger charge is -2.15. The van der Waals surface area contributed by atoms with Crippen molar-refractivity contribution in [3.8, 4) is 0 Å². The molecule has 108 valence electrons. The zero-order chi connectivity index (χ0) is 14.8. The van der Waals surface area contributed by atoms with Crippen molar-refractivity contribution in [2.45, 2.75) is 24.1 Å². The third-order valence-electron chi connectivity index (χ3n) is 2.47. The fraction of sp³-hybridized carbons (Fsp3) is 0.556. The van der Waals surface area contributed by atoms with Crippen LogP contribution in [0.4, 0.5) is 5.69 Å². The number of halogens is 1. The maximum Gasteiger partial charge on any atom is 0.300 e. The van der Waals surface area contributed by atoms with E-state index >= 15 is 0 Å². The first-order valence-electron chi connectivity index (χ1n) is 5.34. The maximum absolute atomic E-state index is 11.9. The quantitative estimate of drug-likeness (QED) is 0.607. The summed E-state index contributed by atoms with van der Waals surface area (Å²) >= 11 is 6.26. The van der Waals surface area contributed by atoms with Gasteiger partial charge in [0, 0.05) is 18.7 Å². The molecule has 0 aliphatic carbocycles. The Morgan fingerprint density at radius 2 is 2.16 bits per heavy atom. The van der Waals surface area contributed by atoms with Gasteiger partial charge in [0.05, 0.1) is 4.92 Å². The summed E-state index contributed by atoms with van der Waals surface area (Å²) < 4.78 is 25.8. The van der Waals surface area contributed by atoms with E-state index in [0.29, 0.717) is 11.3 Å². The van der Waals surface area contributed by atoms with E-state index in [1.54, 1.807) is 0 Å². The van der Waals surface area contributed by atoms with Crippen LogP contribution < -0.4 is 10.5 Å². The van der Waals surface area contributed by atoms with E-state index < -0.39 is 20.6 Å². The Hall–Kier alpha value is -0.740. The van der Waals surface area contributed by atoms with Gasteiger partial charge in [0.1, 0.15) is 4.21 Å². The number of thiophene rings is 1. The predicted octanol–water partition coefficient (Wildman–Crippen LogP) is 1.57. The minimum Gasteiger partial charge on any atom is -0.326 e. The largest absolute Gasteiger partial charge is 0.326 e. The van der Waals surface area contributed by atoms with E-state index in [1.807, 2.05) is 13.8 Å². The molecule has 0 amide bonds. The lowest BCUT2D eigenvalue weighted by Crippen LogP contribution is -2.40. The van der Waals surface area contributed by atoms with Crippen molar-refractivity contribution in [1.82, 2.24) is 4.72 Å². The number of nitrogens with zero attached hydrogens (tertiary/aromatic N) is 1. The first-order chi connectivity index (χ1) is 8.65. The molecule has 1 atom stereocenters. The van der Waals surface area contributed by atoms with Crippen LogP contribution in [0.1, 0.15) is 13.8 Å². The minimum atomic E-state index is -3.82. The number of nitro groups is 1. The van der Waals surface area contributed by atoms with Gasteiger partial charge >= 0.3 is 0 Å². The summed E-state index contributed by atoms with van der Waals surface area (Å²) in [7, 11) is -3.82. The van der Waals surface area contributed by atoms with Crippen molar-refractivity contribution in [2.24, 2.45) is 11.7 Å². The molecule has 1 unspecified atom stereocenters. The average molecular weight is 328 g/mol. The highest BCUT2D eigenvalue weighted by molar-refractivity contribution is 7.91. The molecule has 1 rings (SSSR count). The normalized spacial score (nSPS) is 13.7. The maximum atomic E-state index is 11.9. The first kappa shape index (κ1) is 16.3. The van der Waals surface area contributed by atoms with E-state index in [2.05, 4.69) is 4.72 Å². The second-order valence-electron chi connectivity index (χ2n) is 4.24. The molecular formula is C9H14ClN3O4S2. The molecule has 19 heavy (non-hydrogen) atoms. The Balaban J connectivity index is 2.89. The molecule has 1 aromatic heterocycles. The van der Waals surface area contributed by atoms with E-state index in [1.165, 1.54) is 0 Å². The number of nitrogens with one attached hydrogen (secondary N) is 1. The van der Waals surface area contributed by atoms with Crippen LogP contribution in [0, 0.1) is 16.0 Å². The van der Waals surface area contributed by atoms with Gasteiger partial charge in [-0.1, -0.05) is 25.4 Å². The second kappa shape index (κ2) is 6.14. The monoisotopic (exact) mass is 327 g/mol. The number of nitrogens with two attached hydrogens (primary N) is 1. The Morgan fingerprint density at radius 3 is 2.58 bits per heavy atom. The molecular weight excluding hydrogens is 314 g/mol. The van der Waals surface area contributed by atoms with E-state index in [-0.39, 0.29) is 27.1 Å². The van der Waals surface area contributed by atoms with Crippen molar-refractivity contribution >= 4 is 38.6 Å². The van der Waals surface area contributed by atoms with Gasteiger partial charge in [0.25, 0.3) is 5.69 Å². The van der Waals surface area contributed by atoms with Gasteiger partial charge in [-0.15, -0.1) is 11.3 Å². The molecule has 0 radical (unpaired) electrons. The van der Waals surface area contributed by atoms with Crippen LogP contribution in [-0.4, -0.2) is 25.9 Å². The minimum absolute atomic E-state index is 0.0588. The Bertz CT molecular complexity index is 570. The number of hydrogen-bond acceptors (Lipinski definition) is 6. The summed E-state index contributed by atoms with van der Waals surface area (Å²) in [5.74, 6) is 0.115. The molecule has 0 aliphatic heterocycles. The third kappa shape index (κ3) is 4.11. The predicted molar refractivity (Wildman–Crippen MR) is 74.0 cm³/mol. The Kier molecular flexibility index (Phi) is 5.27. The Morgan fingerprint density at radius 1 is 1.58 bits per heavy atom. The molecule has 10 heteroatoms. The highest BCUT2D eigenvalue weighted by Gasteiger charge is 2.25. The van der Waals surface area contributed by atoms with Crippen molar-refractivity contribution in [1.29, 1.82) is 0 Å². The summed E-state index contributed by atoms with van der Waals surface area (Å²) in [5.41, 5.74) is 5.31. The molecule has 0 fully saturated rings. The average Bonchev–Trinajstić information content (AvgIpc) is 2.69. The highest BCUT2D eigenvalue weighted by Crippen LogP contribution is 2.36. The number of sulfonamides is 1. The second-order valence-corrected chi connectivity index (χ2v) is 7.89. The molecule has 0 bridgehead atoms. The van der Waals surface area contributed by atoms with Crippen LogP contribution >= 0.6 is 22.9 Å². The SMILES string of the molecule is CC(C)C(N)CNS(=O)(=O)c1cc([N+](=O)[O-])c(Cl)s1. The fourth-order valence-corrected chi connectivity index (χ4v) is 3.89. The van der Waals surface area contributed by atoms with Gasteiger partial charge in [-0.3, -0.25) is 10.1 Å². The molecule has 0 spiro atoms. The van der Waals surface area contributed by atoms with E-state index in [4.69, 9.17) is 17.3 Å². The summed E-state index contributed by atoms with van der Waals surface area (Å²) in [6.07, 6.45) is 0. The van der Waals surface area contributed by atoms with Crippen LogP contribution in [0.25, 0.3) is 0 Å². The van der Waals surface area contributed by atoms with Gasteiger partial charge in [0.2, 0.25) is 10.0 Å². The molecule has 0 aliphatic rings. The van der Waals surface area contributed by atoms with Gasteiger partial charge in [0.15, 0.2) is 4.34 Å². The highest BCUT2D eigenvalue weighted by atomic mass is 35.5. The zero-order valence-corrected chi connectivity index (χ0v) is 12.7. The smallest absolute Gasteiger partial charge is 0.300 e. The van der Waals surface area contributed by atoms with Gasteiger partial charge in [-0.05, 0) is 5.92 Å². The molecule has 1 heterocycles. The molecule has 7 nitrogen and oxygen atoms in total. The summed E-state index contributed by atoms with van der Waals surface area (Å²) in [6, 6.07) is 0.608. The third-order valence-corrected chi connectivity index (χ3v) is 5.71. The zero-order valence-electron chi connectivity index (χ0n) is 10.3. The number of rotatable bonds is 6. The van der Waals surface area contributed by atoms with Crippen molar-refractivity contribution in [3.63, 3.8) is 0 Å². The van der Waals surface area contributed by atoms with Gasteiger partial charge in [-0.2, -0.15) is 0 Å². The molecule has 0 saturated heterocycles. The summed E-state index contributed by atoms with van der Waals surface area (Å²) in [5, 5.41) is 10.6. The lowest BCUT2D eigenvalue weighted by molar-refractivity contribution is -0.384. The fourth-order valence-electron chi connectivity index (χ4n) is 1.11. The topological polar surface area (TPSA) is 115 Å². The molecule has 1 aromatic rings. The summed E-state index contributed by atoms with van der Waals surface area (Å²) in [4.78, 5) is 9.89.